The van der Waals surface area contributed by atoms with E-state index in [2.05, 4.69) is 37.3 Å². The number of H-pyrrole nitrogens is 1. The molecule has 10 nitrogen and oxygen atoms in total. The van der Waals surface area contributed by atoms with Crippen molar-refractivity contribution in [1.82, 2.24) is 35.1 Å². The largest absolute Gasteiger partial charge is 0.486 e. The molecule has 0 radical (unpaired) electrons. The third kappa shape index (κ3) is 5.41. The van der Waals surface area contributed by atoms with Crippen LogP contribution in [0.5, 0.6) is 11.5 Å². The average molecular weight is 542 g/mol. The molecule has 0 aliphatic carbocycles. The van der Waals surface area contributed by atoms with Gasteiger partial charge in [0, 0.05) is 42.5 Å². The summed E-state index contributed by atoms with van der Waals surface area (Å²) < 4.78 is 26.6. The minimum atomic E-state index is -0.296. The molecule has 1 aliphatic heterocycles. The number of aromatic amines is 1. The van der Waals surface area contributed by atoms with E-state index in [0.717, 1.165) is 16.5 Å². The molecular formula is C29H28FN7O3. The number of tetrazole rings is 1. The summed E-state index contributed by atoms with van der Waals surface area (Å²) in [4.78, 5) is 22.7. The highest BCUT2D eigenvalue weighted by molar-refractivity contribution is 5.83. The van der Waals surface area contributed by atoms with Gasteiger partial charge in [0.15, 0.2) is 17.3 Å². The molecule has 1 unspecified atom stereocenters. The normalized spacial score (nSPS) is 13.6. The van der Waals surface area contributed by atoms with Crippen molar-refractivity contribution < 1.29 is 13.9 Å². The molecule has 204 valence electrons. The van der Waals surface area contributed by atoms with Crippen molar-refractivity contribution in [3.8, 4) is 11.5 Å². The Labute approximate surface area is 229 Å². The molecule has 4 heterocycles. The molecule has 6 rings (SSSR count). The maximum atomic E-state index is 13.5. The molecule has 0 saturated carbocycles. The number of hydrogen-bond donors (Lipinski definition) is 1. The predicted molar refractivity (Wildman–Crippen MR) is 145 cm³/mol. The SMILES string of the molecule is CCC(c1nnnn1Cc1ccc(F)cc1)N(Cc1cccnc1)Cc1cc2cc3c(cc2[nH]c1=O)OCCO3. The second-order valence-electron chi connectivity index (χ2n) is 9.72. The minimum absolute atomic E-state index is 0.180. The smallest absolute Gasteiger partial charge is 0.252 e. The lowest BCUT2D eigenvalue weighted by atomic mass is 10.1. The fraction of sp³-hybridized carbons (Fsp3) is 0.276. The first kappa shape index (κ1) is 25.6. The zero-order valence-electron chi connectivity index (χ0n) is 22.0. The first-order valence-corrected chi connectivity index (χ1v) is 13.2. The molecule has 0 bridgehead atoms. The summed E-state index contributed by atoms with van der Waals surface area (Å²) >= 11 is 0. The van der Waals surface area contributed by atoms with Crippen LogP contribution in [0.15, 0.2) is 71.8 Å². The summed E-state index contributed by atoms with van der Waals surface area (Å²) in [5.41, 5.74) is 2.98. The van der Waals surface area contributed by atoms with Gasteiger partial charge in [-0.3, -0.25) is 14.7 Å². The second-order valence-corrected chi connectivity index (χ2v) is 9.72. The molecule has 1 N–H and O–H groups in total. The number of rotatable bonds is 9. The van der Waals surface area contributed by atoms with E-state index in [-0.39, 0.29) is 17.4 Å². The summed E-state index contributed by atoms with van der Waals surface area (Å²) in [6.45, 7) is 4.28. The zero-order chi connectivity index (χ0) is 27.5. The van der Waals surface area contributed by atoms with Crippen molar-refractivity contribution in [2.45, 2.75) is 39.0 Å². The van der Waals surface area contributed by atoms with Crippen LogP contribution in [0.3, 0.4) is 0 Å². The van der Waals surface area contributed by atoms with Gasteiger partial charge in [-0.25, -0.2) is 9.07 Å². The van der Waals surface area contributed by atoms with Crippen LogP contribution in [-0.2, 0) is 19.6 Å². The molecule has 0 saturated heterocycles. The number of nitrogens with zero attached hydrogens (tertiary/aromatic N) is 6. The molecule has 5 aromatic rings. The summed E-state index contributed by atoms with van der Waals surface area (Å²) in [5, 5.41) is 13.4. The van der Waals surface area contributed by atoms with E-state index in [1.807, 2.05) is 30.5 Å². The highest BCUT2D eigenvalue weighted by Gasteiger charge is 2.26. The predicted octanol–water partition coefficient (Wildman–Crippen LogP) is 4.02. The van der Waals surface area contributed by atoms with Gasteiger partial charge >= 0.3 is 0 Å². The Bertz CT molecular complexity index is 1670. The Morgan fingerprint density at radius 1 is 1.05 bits per heavy atom. The average Bonchev–Trinajstić information content (AvgIpc) is 3.42. The number of aromatic nitrogens is 6. The van der Waals surface area contributed by atoms with Crippen molar-refractivity contribution in [2.24, 2.45) is 0 Å². The van der Waals surface area contributed by atoms with Crippen LogP contribution in [0.4, 0.5) is 4.39 Å². The molecule has 3 aromatic heterocycles. The molecule has 2 aromatic carbocycles. The lowest BCUT2D eigenvalue weighted by molar-refractivity contribution is 0.161. The first-order chi connectivity index (χ1) is 19.6. The van der Waals surface area contributed by atoms with E-state index in [9.17, 15) is 9.18 Å². The van der Waals surface area contributed by atoms with Gasteiger partial charge in [-0.1, -0.05) is 25.1 Å². The van der Waals surface area contributed by atoms with Crippen LogP contribution < -0.4 is 15.0 Å². The topological polar surface area (TPSA) is 111 Å². The van der Waals surface area contributed by atoms with Gasteiger partial charge in [0.05, 0.1) is 18.1 Å². The Morgan fingerprint density at radius 3 is 2.60 bits per heavy atom. The maximum Gasteiger partial charge on any atom is 0.252 e. The molecular weight excluding hydrogens is 513 g/mol. The number of nitrogens with one attached hydrogen (secondary N) is 1. The summed E-state index contributed by atoms with van der Waals surface area (Å²) in [5.74, 6) is 1.65. The van der Waals surface area contributed by atoms with Crippen LogP contribution in [-0.4, -0.2) is 48.3 Å². The van der Waals surface area contributed by atoms with Gasteiger partial charge < -0.3 is 14.5 Å². The lowest BCUT2D eigenvalue weighted by Gasteiger charge is -2.30. The monoisotopic (exact) mass is 541 g/mol. The Hall–Kier alpha value is -4.64. The highest BCUT2D eigenvalue weighted by atomic mass is 19.1. The molecule has 1 aliphatic rings. The van der Waals surface area contributed by atoms with E-state index in [4.69, 9.17) is 9.47 Å². The molecule has 40 heavy (non-hydrogen) atoms. The highest BCUT2D eigenvalue weighted by Crippen LogP contribution is 2.34. The quantitative estimate of drug-likeness (QED) is 0.298. The van der Waals surface area contributed by atoms with Gasteiger partial charge in [-0.15, -0.1) is 5.10 Å². The van der Waals surface area contributed by atoms with Gasteiger partial charge in [0.1, 0.15) is 19.0 Å². The van der Waals surface area contributed by atoms with Crippen molar-refractivity contribution in [3.63, 3.8) is 0 Å². The molecule has 0 fully saturated rings. The van der Waals surface area contributed by atoms with E-state index in [1.165, 1.54) is 12.1 Å². The van der Waals surface area contributed by atoms with Gasteiger partial charge in [-0.05, 0) is 58.3 Å². The summed E-state index contributed by atoms with van der Waals surface area (Å²) in [7, 11) is 0. The second kappa shape index (κ2) is 11.2. The Balaban J connectivity index is 1.35. The fourth-order valence-electron chi connectivity index (χ4n) is 5.06. The molecule has 0 spiro atoms. The Kier molecular flexibility index (Phi) is 7.19. The maximum absolute atomic E-state index is 13.5. The van der Waals surface area contributed by atoms with Crippen LogP contribution >= 0.6 is 0 Å². The van der Waals surface area contributed by atoms with Crippen molar-refractivity contribution >= 4 is 10.9 Å². The standard InChI is InChI=1S/C29H28FN7O3/c1-2-25(28-33-34-35-37(28)17-19-5-7-23(30)8-6-19)36(16-20-4-3-9-31-15-20)18-22-12-21-13-26-27(40-11-10-39-26)14-24(21)32-29(22)38/h3-9,12-15,25H,2,10-11,16-18H2,1H3,(H,32,38). The Morgan fingerprint density at radius 2 is 1.85 bits per heavy atom. The number of halogens is 1. The molecule has 11 heteroatoms. The zero-order valence-corrected chi connectivity index (χ0v) is 22.0. The van der Waals surface area contributed by atoms with Crippen LogP contribution in [0.1, 0.15) is 41.9 Å². The lowest BCUT2D eigenvalue weighted by Crippen LogP contribution is -2.32. The van der Waals surface area contributed by atoms with Gasteiger partial charge in [0.25, 0.3) is 5.56 Å². The van der Waals surface area contributed by atoms with Crippen molar-refractivity contribution in [3.05, 3.63) is 106 Å². The summed E-state index contributed by atoms with van der Waals surface area (Å²) in [6, 6.07) is 15.6. The number of hydrogen-bond acceptors (Lipinski definition) is 8. The summed E-state index contributed by atoms with van der Waals surface area (Å²) in [6.07, 6.45) is 4.23. The minimum Gasteiger partial charge on any atom is -0.486 e. The van der Waals surface area contributed by atoms with Crippen LogP contribution in [0.25, 0.3) is 10.9 Å². The number of fused-ring (bicyclic) bond motifs is 2. The third-order valence-corrected chi connectivity index (χ3v) is 7.00. The van der Waals surface area contributed by atoms with Gasteiger partial charge in [-0.2, -0.15) is 0 Å². The van der Waals surface area contributed by atoms with Gasteiger partial charge in [0.2, 0.25) is 0 Å². The number of benzene rings is 2. The van der Waals surface area contributed by atoms with Crippen LogP contribution in [0.2, 0.25) is 0 Å². The van der Waals surface area contributed by atoms with E-state index < -0.39 is 0 Å². The molecule has 0 amide bonds. The first-order valence-electron chi connectivity index (χ1n) is 13.2. The van der Waals surface area contributed by atoms with E-state index in [1.54, 1.807) is 29.1 Å². The van der Waals surface area contributed by atoms with Crippen molar-refractivity contribution in [2.75, 3.05) is 13.2 Å². The van der Waals surface area contributed by atoms with Crippen molar-refractivity contribution in [1.29, 1.82) is 0 Å². The number of pyridine rings is 2. The molecule has 1 atom stereocenters. The number of ether oxygens (including phenoxy) is 2. The fourth-order valence-corrected chi connectivity index (χ4v) is 5.06. The third-order valence-electron chi connectivity index (χ3n) is 7.00. The van der Waals surface area contributed by atoms with E-state index in [0.29, 0.717) is 67.7 Å². The van der Waals surface area contributed by atoms with Crippen LogP contribution in [0, 0.1) is 5.82 Å². The van der Waals surface area contributed by atoms with E-state index >= 15 is 0 Å².